The normalized spacial score (nSPS) is 22.6. The number of hydrogen-bond acceptors (Lipinski definition) is 5. The van der Waals surface area contributed by atoms with E-state index in [1.807, 2.05) is 24.3 Å². The molecule has 0 saturated heterocycles. The van der Waals surface area contributed by atoms with Gasteiger partial charge in [-0.05, 0) is 72.7 Å². The number of carbonyl (C=O) groups excluding carboxylic acids is 3. The lowest BCUT2D eigenvalue weighted by atomic mass is 9.72. The summed E-state index contributed by atoms with van der Waals surface area (Å²) in [6.07, 6.45) is 2.45. The van der Waals surface area contributed by atoms with Crippen LogP contribution in [-0.2, 0) is 14.3 Å². The molecule has 3 atom stereocenters. The zero-order chi connectivity index (χ0) is 26.4. The molecule has 1 amide bonds. The topological polar surface area (TPSA) is 76.0 Å². The molecule has 0 aromatic heterocycles. The van der Waals surface area contributed by atoms with E-state index < -0.39 is 17.9 Å². The van der Waals surface area contributed by atoms with E-state index in [0.717, 1.165) is 29.7 Å². The number of rotatable bonds is 4. The van der Waals surface area contributed by atoms with Gasteiger partial charge in [0.05, 0.1) is 36.0 Å². The van der Waals surface area contributed by atoms with Gasteiger partial charge >= 0.3 is 5.97 Å². The zero-order valence-corrected chi connectivity index (χ0v) is 21.0. The van der Waals surface area contributed by atoms with Crippen LogP contribution in [0.4, 0.5) is 15.8 Å². The minimum atomic E-state index is -0.634. The Morgan fingerprint density at radius 3 is 2.29 bits per heavy atom. The third kappa shape index (κ3) is 4.32. The van der Waals surface area contributed by atoms with E-state index in [1.54, 1.807) is 41.3 Å². The van der Waals surface area contributed by atoms with Crippen molar-refractivity contribution in [3.05, 3.63) is 95.3 Å². The van der Waals surface area contributed by atoms with Crippen molar-refractivity contribution in [3.8, 4) is 0 Å². The minimum Gasteiger partial charge on any atom is -0.465 e. The van der Waals surface area contributed by atoms with Gasteiger partial charge in [-0.25, -0.2) is 9.18 Å². The van der Waals surface area contributed by atoms with Crippen LogP contribution >= 0.6 is 0 Å². The van der Waals surface area contributed by atoms with Gasteiger partial charge in [0.15, 0.2) is 0 Å². The van der Waals surface area contributed by atoms with Crippen molar-refractivity contribution in [1.82, 2.24) is 0 Å². The Hall–Kier alpha value is -4.13. The van der Waals surface area contributed by atoms with Crippen molar-refractivity contribution in [2.24, 2.45) is 16.8 Å². The molecule has 3 unspecified atom stereocenters. The molecular formula is C31H27FN2O4. The molecule has 2 saturated carbocycles. The molecule has 0 radical (unpaired) electrons. The first kappa shape index (κ1) is 24.2. The highest BCUT2D eigenvalue weighted by molar-refractivity contribution is 6.13. The van der Waals surface area contributed by atoms with Gasteiger partial charge < -0.3 is 9.64 Å². The van der Waals surface area contributed by atoms with E-state index in [0.29, 0.717) is 23.4 Å². The SMILES string of the molecule is COC(=O)c1ccc(C2C3C(=O)CC(c4ccc(F)cc4)CC3=Nc3ccccc3N2C(=O)C2CC2)cc1. The van der Waals surface area contributed by atoms with Crippen molar-refractivity contribution >= 4 is 34.7 Å². The first-order chi connectivity index (χ1) is 18.4. The maximum atomic E-state index is 14.0. The molecule has 3 aromatic rings. The fraction of sp³-hybridized carbons (Fsp3) is 0.290. The van der Waals surface area contributed by atoms with E-state index in [4.69, 9.17) is 9.73 Å². The van der Waals surface area contributed by atoms with Crippen molar-refractivity contribution in [1.29, 1.82) is 0 Å². The van der Waals surface area contributed by atoms with Crippen LogP contribution in [0.15, 0.2) is 77.8 Å². The summed E-state index contributed by atoms with van der Waals surface area (Å²) in [6, 6.07) is 20.1. The molecule has 6 nitrogen and oxygen atoms in total. The molecule has 2 fully saturated rings. The van der Waals surface area contributed by atoms with E-state index >= 15 is 0 Å². The molecule has 0 spiro atoms. The number of benzene rings is 3. The number of Topliss-reactive ketones (excluding diaryl/α,β-unsaturated/α-hetero) is 1. The number of anilines is 1. The van der Waals surface area contributed by atoms with Crippen LogP contribution in [0.2, 0.25) is 0 Å². The summed E-state index contributed by atoms with van der Waals surface area (Å²) >= 11 is 0. The highest BCUT2D eigenvalue weighted by atomic mass is 19.1. The van der Waals surface area contributed by atoms with E-state index in [2.05, 4.69) is 0 Å². The molecule has 0 bridgehead atoms. The predicted molar refractivity (Wildman–Crippen MR) is 141 cm³/mol. The van der Waals surface area contributed by atoms with Crippen molar-refractivity contribution in [3.63, 3.8) is 0 Å². The molecule has 2 aliphatic carbocycles. The number of aliphatic imine (C=N–C) groups is 1. The van der Waals surface area contributed by atoms with E-state index in [9.17, 15) is 18.8 Å². The third-order valence-corrected chi connectivity index (χ3v) is 7.79. The summed E-state index contributed by atoms with van der Waals surface area (Å²) in [7, 11) is 1.33. The Morgan fingerprint density at radius 1 is 0.921 bits per heavy atom. The van der Waals surface area contributed by atoms with Gasteiger partial charge in [-0.2, -0.15) is 0 Å². The summed E-state index contributed by atoms with van der Waals surface area (Å²) < 4.78 is 18.4. The maximum Gasteiger partial charge on any atom is 0.337 e. The molecule has 192 valence electrons. The Labute approximate surface area is 220 Å². The van der Waals surface area contributed by atoms with Gasteiger partial charge in [-0.1, -0.05) is 36.4 Å². The first-order valence-corrected chi connectivity index (χ1v) is 12.9. The number of amides is 1. The maximum absolute atomic E-state index is 14.0. The fourth-order valence-corrected chi connectivity index (χ4v) is 5.73. The van der Waals surface area contributed by atoms with Gasteiger partial charge in [-0.15, -0.1) is 0 Å². The Morgan fingerprint density at radius 2 is 1.61 bits per heavy atom. The fourth-order valence-electron chi connectivity index (χ4n) is 5.73. The number of methoxy groups -OCH3 is 1. The molecule has 0 N–H and O–H groups in total. The third-order valence-electron chi connectivity index (χ3n) is 7.79. The Balaban J connectivity index is 1.49. The lowest BCUT2D eigenvalue weighted by Crippen LogP contribution is -2.46. The molecule has 3 aromatic carbocycles. The highest BCUT2D eigenvalue weighted by Gasteiger charge is 2.48. The van der Waals surface area contributed by atoms with Gasteiger partial charge in [0, 0.05) is 18.1 Å². The number of ether oxygens (including phenoxy) is 1. The van der Waals surface area contributed by atoms with Gasteiger partial charge in [-0.3, -0.25) is 14.6 Å². The molecule has 38 heavy (non-hydrogen) atoms. The van der Waals surface area contributed by atoms with Gasteiger partial charge in [0.1, 0.15) is 11.6 Å². The quantitative estimate of drug-likeness (QED) is 0.407. The van der Waals surface area contributed by atoms with Crippen LogP contribution in [0, 0.1) is 17.7 Å². The van der Waals surface area contributed by atoms with E-state index in [1.165, 1.54) is 19.2 Å². The number of carbonyl (C=O) groups is 3. The van der Waals surface area contributed by atoms with E-state index in [-0.39, 0.29) is 35.8 Å². The lowest BCUT2D eigenvalue weighted by molar-refractivity contribution is -0.123. The second-order valence-corrected chi connectivity index (χ2v) is 10.2. The molecule has 3 aliphatic rings. The van der Waals surface area contributed by atoms with Crippen LogP contribution in [0.5, 0.6) is 0 Å². The van der Waals surface area contributed by atoms with Crippen molar-refractivity contribution in [2.45, 2.75) is 37.6 Å². The number of esters is 1. The minimum absolute atomic E-state index is 0.00669. The summed E-state index contributed by atoms with van der Waals surface area (Å²) in [4.78, 5) is 46.7. The summed E-state index contributed by atoms with van der Waals surface area (Å²) in [5, 5.41) is 0. The van der Waals surface area contributed by atoms with Gasteiger partial charge in [0.25, 0.3) is 0 Å². The average molecular weight is 511 g/mol. The number of halogens is 1. The molecule has 6 rings (SSSR count). The van der Waals surface area contributed by atoms with Crippen molar-refractivity contribution in [2.75, 3.05) is 12.0 Å². The predicted octanol–water partition coefficient (Wildman–Crippen LogP) is 5.95. The number of hydrogen-bond donors (Lipinski definition) is 0. The molecule has 1 aliphatic heterocycles. The summed E-state index contributed by atoms with van der Waals surface area (Å²) in [5.74, 6) is -1.63. The highest BCUT2D eigenvalue weighted by Crippen LogP contribution is 2.49. The molecule has 1 heterocycles. The average Bonchev–Trinajstić information content (AvgIpc) is 3.79. The largest absolute Gasteiger partial charge is 0.465 e. The summed E-state index contributed by atoms with van der Waals surface area (Å²) in [5.41, 5.74) is 4.10. The molecule has 7 heteroatoms. The van der Waals surface area contributed by atoms with Crippen LogP contribution in [-0.4, -0.2) is 30.5 Å². The Kier molecular flexibility index (Phi) is 6.14. The monoisotopic (exact) mass is 510 g/mol. The second-order valence-electron chi connectivity index (χ2n) is 10.2. The molecular weight excluding hydrogens is 483 g/mol. The van der Waals surface area contributed by atoms with Crippen LogP contribution in [0.25, 0.3) is 0 Å². The number of nitrogens with zero attached hydrogens (tertiary/aromatic N) is 2. The number of para-hydroxylation sites is 2. The van der Waals surface area contributed by atoms with Crippen molar-refractivity contribution < 1.29 is 23.5 Å². The second kappa shape index (κ2) is 9.63. The smallest absolute Gasteiger partial charge is 0.337 e. The Bertz CT molecular complexity index is 1440. The standard InChI is InChI=1S/C31H27FN2O4/c1-38-31(37)21-10-6-19(7-11-21)29-28-25(16-22(17-27(28)35)18-12-14-23(32)15-13-18)33-24-4-2-3-5-26(24)34(29)30(36)20-8-9-20/h2-7,10-15,20,22,28-29H,8-9,16-17H2,1H3. The van der Waals surface area contributed by atoms with Crippen LogP contribution in [0.3, 0.4) is 0 Å². The lowest BCUT2D eigenvalue weighted by Gasteiger charge is -2.39. The van der Waals surface area contributed by atoms with Crippen LogP contribution < -0.4 is 4.90 Å². The van der Waals surface area contributed by atoms with Crippen LogP contribution in [0.1, 0.15) is 59.1 Å². The number of fused-ring (bicyclic) bond motifs is 2. The van der Waals surface area contributed by atoms with Gasteiger partial charge in [0.2, 0.25) is 5.91 Å². The first-order valence-electron chi connectivity index (χ1n) is 12.9. The zero-order valence-electron chi connectivity index (χ0n) is 21.0. The number of ketones is 1. The summed E-state index contributed by atoms with van der Waals surface area (Å²) in [6.45, 7) is 0.